The number of amides is 1. The molecule has 11 heteroatoms. The van der Waals surface area contributed by atoms with Gasteiger partial charge in [0, 0.05) is 10.0 Å². The number of hydrogen-bond donors (Lipinski definition) is 1. The van der Waals surface area contributed by atoms with Crippen LogP contribution in [0, 0.1) is 0 Å². The molecule has 8 nitrogen and oxygen atoms in total. The van der Waals surface area contributed by atoms with Crippen LogP contribution in [0.4, 0.5) is 4.79 Å². The number of carbonyl (C=O) groups excluding carboxylic acids is 1. The molecular weight excluding hydrogens is 405 g/mol. The summed E-state index contributed by atoms with van der Waals surface area (Å²) in [4.78, 5) is 11.6. The number of benzene rings is 1. The second-order valence-corrected chi connectivity index (χ2v) is 9.02. The molecule has 0 atom stereocenters. The van der Waals surface area contributed by atoms with E-state index in [1.54, 1.807) is 20.8 Å². The molecule has 0 fully saturated rings. The zero-order valence-corrected chi connectivity index (χ0v) is 16.6. The quantitative estimate of drug-likeness (QED) is 0.786. The summed E-state index contributed by atoms with van der Waals surface area (Å²) < 4.78 is 34.9. The van der Waals surface area contributed by atoms with E-state index in [4.69, 9.17) is 32.4 Å². The third kappa shape index (κ3) is 5.86. The Morgan fingerprint density at radius 1 is 1.27 bits per heavy atom. The lowest BCUT2D eigenvalue weighted by molar-refractivity contribution is 0.0518. The summed E-state index contributed by atoms with van der Waals surface area (Å²) >= 11 is 11.8. The van der Waals surface area contributed by atoms with Crippen LogP contribution in [0.1, 0.15) is 32.2 Å². The molecular formula is C15H17Cl2N3O5S. The lowest BCUT2D eigenvalue weighted by Crippen LogP contribution is -2.32. The van der Waals surface area contributed by atoms with Crippen LogP contribution in [0.5, 0.6) is 0 Å². The van der Waals surface area contributed by atoms with Gasteiger partial charge in [-0.15, -0.1) is 5.10 Å². The lowest BCUT2D eigenvalue weighted by Gasteiger charge is -2.19. The van der Waals surface area contributed by atoms with E-state index in [2.05, 4.69) is 15.5 Å². The third-order valence-corrected chi connectivity index (χ3v) is 4.83. The summed E-state index contributed by atoms with van der Waals surface area (Å²) in [5, 5.41) is 9.57. The summed E-state index contributed by atoms with van der Waals surface area (Å²) in [6.07, 6.45) is -0.687. The maximum atomic E-state index is 12.4. The van der Waals surface area contributed by atoms with Gasteiger partial charge in [-0.25, -0.2) is 13.2 Å². The Hall–Kier alpha value is -1.84. The van der Waals surface area contributed by atoms with Crippen molar-refractivity contribution in [1.82, 2.24) is 15.5 Å². The number of halogens is 2. The first-order valence-corrected chi connectivity index (χ1v) is 9.83. The van der Waals surface area contributed by atoms with Crippen molar-refractivity contribution < 1.29 is 22.4 Å². The number of carbonyl (C=O) groups is 1. The molecule has 2 rings (SSSR count). The number of nitrogens with zero attached hydrogens (tertiary/aromatic N) is 2. The van der Waals surface area contributed by atoms with Gasteiger partial charge in [0.05, 0.1) is 12.3 Å². The van der Waals surface area contributed by atoms with Crippen LogP contribution in [-0.4, -0.2) is 30.3 Å². The molecule has 1 aromatic carbocycles. The van der Waals surface area contributed by atoms with Gasteiger partial charge in [-0.3, -0.25) is 0 Å². The predicted octanol–water partition coefficient (Wildman–Crippen LogP) is 3.38. The second kappa shape index (κ2) is 7.81. The van der Waals surface area contributed by atoms with Gasteiger partial charge in [0.1, 0.15) is 5.60 Å². The Morgan fingerprint density at radius 3 is 2.58 bits per heavy atom. The average molecular weight is 422 g/mol. The van der Waals surface area contributed by atoms with Gasteiger partial charge in [-0.1, -0.05) is 34.4 Å². The standard InChI is InChI=1S/C15H17Cl2N3O5S/c1-15(2,3)25-13(21)18-7-12-19-20-14(24-12)26(22,23)8-9-4-5-10(16)6-11(9)17/h4-6H,7-8H2,1-3H3,(H,18,21). The summed E-state index contributed by atoms with van der Waals surface area (Å²) in [7, 11) is -3.91. The van der Waals surface area contributed by atoms with E-state index in [0.29, 0.717) is 10.6 Å². The molecule has 1 N–H and O–H groups in total. The number of hydrogen-bond acceptors (Lipinski definition) is 7. The molecule has 142 valence electrons. The van der Waals surface area contributed by atoms with Gasteiger partial charge in [0.25, 0.3) is 0 Å². The molecule has 0 bridgehead atoms. The van der Waals surface area contributed by atoms with Crippen LogP contribution in [0.2, 0.25) is 10.0 Å². The van der Waals surface area contributed by atoms with Crippen molar-refractivity contribution >= 4 is 39.1 Å². The van der Waals surface area contributed by atoms with Crippen LogP contribution in [0.25, 0.3) is 0 Å². The molecule has 0 aliphatic heterocycles. The molecule has 1 heterocycles. The Labute approximate surface area is 160 Å². The van der Waals surface area contributed by atoms with Crippen molar-refractivity contribution in [2.75, 3.05) is 0 Å². The molecule has 0 radical (unpaired) electrons. The van der Waals surface area contributed by atoms with Crippen molar-refractivity contribution in [1.29, 1.82) is 0 Å². The van der Waals surface area contributed by atoms with Crippen LogP contribution >= 0.6 is 23.2 Å². The number of alkyl carbamates (subject to hydrolysis) is 1. The molecule has 26 heavy (non-hydrogen) atoms. The first-order chi connectivity index (χ1) is 12.0. The van der Waals surface area contributed by atoms with E-state index in [-0.39, 0.29) is 17.5 Å². The maximum Gasteiger partial charge on any atom is 0.408 e. The molecule has 0 saturated heterocycles. The van der Waals surface area contributed by atoms with Crippen molar-refractivity contribution in [2.24, 2.45) is 0 Å². The second-order valence-electron chi connectivity index (χ2n) is 6.31. The van der Waals surface area contributed by atoms with Gasteiger partial charge in [0.2, 0.25) is 15.7 Å². The molecule has 0 aliphatic rings. The Morgan fingerprint density at radius 2 is 1.96 bits per heavy atom. The highest BCUT2D eigenvalue weighted by Crippen LogP contribution is 2.24. The highest BCUT2D eigenvalue weighted by atomic mass is 35.5. The van der Waals surface area contributed by atoms with Gasteiger partial charge in [0.15, 0.2) is 0 Å². The number of nitrogens with one attached hydrogen (secondary N) is 1. The van der Waals surface area contributed by atoms with Crippen molar-refractivity contribution in [3.8, 4) is 0 Å². The van der Waals surface area contributed by atoms with E-state index in [9.17, 15) is 13.2 Å². The number of sulfone groups is 1. The third-order valence-electron chi connectivity index (χ3n) is 2.86. The largest absolute Gasteiger partial charge is 0.444 e. The van der Waals surface area contributed by atoms with Crippen molar-refractivity contribution in [3.05, 3.63) is 39.7 Å². The van der Waals surface area contributed by atoms with Gasteiger partial charge in [-0.2, -0.15) is 0 Å². The van der Waals surface area contributed by atoms with Gasteiger partial charge >= 0.3 is 11.3 Å². The zero-order valence-electron chi connectivity index (χ0n) is 14.2. The SMILES string of the molecule is CC(C)(C)OC(=O)NCc1nnc(S(=O)(=O)Cc2ccc(Cl)cc2Cl)o1. The normalized spacial score (nSPS) is 12.0. The molecule has 0 unspecified atom stereocenters. The number of rotatable bonds is 5. The van der Waals surface area contributed by atoms with E-state index >= 15 is 0 Å². The summed E-state index contributed by atoms with van der Waals surface area (Å²) in [5.74, 6) is -0.499. The molecule has 0 aliphatic carbocycles. The van der Waals surface area contributed by atoms with Crippen LogP contribution < -0.4 is 5.32 Å². The predicted molar refractivity (Wildman–Crippen MR) is 94.7 cm³/mol. The first-order valence-electron chi connectivity index (χ1n) is 7.42. The van der Waals surface area contributed by atoms with Gasteiger partial charge < -0.3 is 14.5 Å². The minimum atomic E-state index is -3.91. The molecule has 1 aromatic heterocycles. The van der Waals surface area contributed by atoms with Crippen LogP contribution in [0.3, 0.4) is 0 Å². The molecule has 1 amide bonds. The Bertz CT molecular complexity index is 906. The molecule has 0 spiro atoms. The lowest BCUT2D eigenvalue weighted by atomic mass is 10.2. The zero-order chi connectivity index (χ0) is 19.5. The summed E-state index contributed by atoms with van der Waals surface area (Å²) in [6, 6.07) is 4.48. The Balaban J connectivity index is 2.04. The monoisotopic (exact) mass is 421 g/mol. The summed E-state index contributed by atoms with van der Waals surface area (Å²) in [5.41, 5.74) is -0.312. The molecule has 0 saturated carbocycles. The van der Waals surface area contributed by atoms with Gasteiger partial charge in [-0.05, 0) is 38.5 Å². The number of aromatic nitrogens is 2. The smallest absolute Gasteiger partial charge is 0.408 e. The van der Waals surface area contributed by atoms with E-state index in [1.165, 1.54) is 18.2 Å². The van der Waals surface area contributed by atoms with Crippen molar-refractivity contribution in [3.63, 3.8) is 0 Å². The highest BCUT2D eigenvalue weighted by Gasteiger charge is 2.24. The summed E-state index contributed by atoms with van der Waals surface area (Å²) in [6.45, 7) is 4.97. The van der Waals surface area contributed by atoms with Crippen LogP contribution in [0.15, 0.2) is 27.8 Å². The first kappa shape index (κ1) is 20.5. The fraction of sp³-hybridized carbons (Fsp3) is 0.400. The Kier molecular flexibility index (Phi) is 6.15. The van der Waals surface area contributed by atoms with E-state index in [0.717, 1.165) is 0 Å². The molecule has 2 aromatic rings. The highest BCUT2D eigenvalue weighted by molar-refractivity contribution is 7.90. The topological polar surface area (TPSA) is 111 Å². The number of ether oxygens (including phenoxy) is 1. The van der Waals surface area contributed by atoms with Crippen molar-refractivity contribution in [2.45, 2.75) is 43.9 Å². The van der Waals surface area contributed by atoms with Crippen LogP contribution in [-0.2, 0) is 26.9 Å². The fourth-order valence-electron chi connectivity index (χ4n) is 1.80. The maximum absolute atomic E-state index is 12.4. The minimum Gasteiger partial charge on any atom is -0.444 e. The van der Waals surface area contributed by atoms with E-state index < -0.39 is 32.5 Å². The minimum absolute atomic E-state index is 0.0726. The van der Waals surface area contributed by atoms with E-state index in [1.807, 2.05) is 0 Å². The fourth-order valence-corrected chi connectivity index (χ4v) is 3.53. The average Bonchev–Trinajstić information content (AvgIpc) is 2.96.